The van der Waals surface area contributed by atoms with Crippen LogP contribution in [-0.2, 0) is 0 Å². The summed E-state index contributed by atoms with van der Waals surface area (Å²) in [6.45, 7) is 2.25. The molecule has 0 saturated carbocycles. The number of nitrogens with one attached hydrogen (secondary N) is 1. The number of aromatic nitrogens is 1. The molecule has 4 heteroatoms. The van der Waals surface area contributed by atoms with Gasteiger partial charge in [-0.3, -0.25) is 11.3 Å². The summed E-state index contributed by atoms with van der Waals surface area (Å²) in [5, 5.41) is 2.07. The summed E-state index contributed by atoms with van der Waals surface area (Å²) in [6, 6.07) is 0.234. The number of unbranched alkanes of at least 4 members (excludes halogenated alkanes) is 5. The fraction of sp³-hybridized carbons (Fsp3) is 0.750. The number of hydrogen-bond acceptors (Lipinski definition) is 4. The Kier molecular flexibility index (Phi) is 7.38. The van der Waals surface area contributed by atoms with Crippen LogP contribution in [0, 0.1) is 0 Å². The van der Waals surface area contributed by atoms with E-state index in [1.807, 2.05) is 5.51 Å². The van der Waals surface area contributed by atoms with E-state index in [1.165, 1.54) is 38.5 Å². The molecule has 1 unspecified atom stereocenters. The summed E-state index contributed by atoms with van der Waals surface area (Å²) < 4.78 is 0. The van der Waals surface area contributed by atoms with Crippen LogP contribution < -0.4 is 11.3 Å². The van der Waals surface area contributed by atoms with Crippen LogP contribution in [0.3, 0.4) is 0 Å². The van der Waals surface area contributed by atoms with E-state index in [2.05, 4.69) is 22.7 Å². The standard InChI is InChI=1S/C12H23N3S/c1-2-3-4-5-6-7-8-11(15-13)12-9-16-10-14-12/h9-11,15H,2-8,13H2,1H3. The Hall–Kier alpha value is -0.450. The van der Waals surface area contributed by atoms with E-state index in [1.54, 1.807) is 11.3 Å². The molecule has 0 aromatic carbocycles. The van der Waals surface area contributed by atoms with Crippen LogP contribution in [0.2, 0.25) is 0 Å². The summed E-state index contributed by atoms with van der Waals surface area (Å²) in [6.07, 6.45) is 9.03. The quantitative estimate of drug-likeness (QED) is 0.396. The van der Waals surface area contributed by atoms with Crippen molar-refractivity contribution in [3.05, 3.63) is 16.6 Å². The van der Waals surface area contributed by atoms with Crippen LogP contribution in [0.25, 0.3) is 0 Å². The average molecular weight is 241 g/mol. The first-order valence-corrected chi connectivity index (χ1v) is 7.17. The van der Waals surface area contributed by atoms with Crippen LogP contribution in [0.4, 0.5) is 0 Å². The van der Waals surface area contributed by atoms with E-state index in [9.17, 15) is 0 Å². The molecule has 0 amide bonds. The molecule has 1 rings (SSSR count). The SMILES string of the molecule is CCCCCCCCC(NN)c1cscn1. The van der Waals surface area contributed by atoms with E-state index >= 15 is 0 Å². The second-order valence-electron chi connectivity index (χ2n) is 4.19. The van der Waals surface area contributed by atoms with Crippen molar-refractivity contribution in [1.29, 1.82) is 0 Å². The highest BCUT2D eigenvalue weighted by Gasteiger charge is 2.10. The molecule has 0 aliphatic carbocycles. The highest BCUT2D eigenvalue weighted by atomic mass is 32.1. The molecule has 0 spiro atoms. The van der Waals surface area contributed by atoms with Crippen LogP contribution in [0.5, 0.6) is 0 Å². The predicted molar refractivity (Wildman–Crippen MR) is 70.2 cm³/mol. The van der Waals surface area contributed by atoms with Crippen LogP contribution >= 0.6 is 11.3 Å². The fourth-order valence-electron chi connectivity index (χ4n) is 1.84. The average Bonchev–Trinajstić information content (AvgIpc) is 2.82. The fourth-order valence-corrected chi connectivity index (χ4v) is 2.45. The minimum atomic E-state index is 0.234. The first kappa shape index (κ1) is 13.6. The van der Waals surface area contributed by atoms with Crippen molar-refractivity contribution in [2.24, 2.45) is 5.84 Å². The highest BCUT2D eigenvalue weighted by molar-refractivity contribution is 7.07. The maximum absolute atomic E-state index is 5.54. The van der Waals surface area contributed by atoms with Crippen LogP contribution in [0.15, 0.2) is 10.9 Å². The van der Waals surface area contributed by atoms with Crippen LogP contribution in [0.1, 0.15) is 63.6 Å². The number of hydrazine groups is 1. The zero-order valence-electron chi connectivity index (χ0n) is 10.1. The minimum Gasteiger partial charge on any atom is -0.271 e. The summed E-state index contributed by atoms with van der Waals surface area (Å²) in [5.41, 5.74) is 5.80. The van der Waals surface area contributed by atoms with E-state index in [4.69, 9.17) is 5.84 Å². The van der Waals surface area contributed by atoms with Crippen LogP contribution in [-0.4, -0.2) is 4.98 Å². The molecule has 0 fully saturated rings. The van der Waals surface area contributed by atoms with Gasteiger partial charge >= 0.3 is 0 Å². The Morgan fingerprint density at radius 2 is 2.06 bits per heavy atom. The third kappa shape index (κ3) is 5.05. The molecule has 1 aromatic heterocycles. The van der Waals surface area contributed by atoms with Gasteiger partial charge in [-0.2, -0.15) is 0 Å². The van der Waals surface area contributed by atoms with Crippen molar-refractivity contribution in [3.63, 3.8) is 0 Å². The zero-order valence-corrected chi connectivity index (χ0v) is 10.9. The second kappa shape index (κ2) is 8.67. The van der Waals surface area contributed by atoms with Gasteiger partial charge < -0.3 is 0 Å². The largest absolute Gasteiger partial charge is 0.271 e. The first-order valence-electron chi connectivity index (χ1n) is 6.22. The normalized spacial score (nSPS) is 12.9. The molecule has 0 aliphatic rings. The summed E-state index contributed by atoms with van der Waals surface area (Å²) in [5.74, 6) is 5.54. The monoisotopic (exact) mass is 241 g/mol. The number of hydrogen-bond donors (Lipinski definition) is 2. The van der Waals surface area contributed by atoms with Crippen molar-refractivity contribution in [2.45, 2.75) is 57.9 Å². The number of nitrogens with zero attached hydrogens (tertiary/aromatic N) is 1. The zero-order chi connectivity index (χ0) is 11.6. The maximum Gasteiger partial charge on any atom is 0.0795 e. The lowest BCUT2D eigenvalue weighted by Crippen LogP contribution is -2.28. The predicted octanol–water partition coefficient (Wildman–Crippen LogP) is 3.40. The van der Waals surface area contributed by atoms with Gasteiger partial charge in [0.15, 0.2) is 0 Å². The lowest BCUT2D eigenvalue weighted by atomic mass is 10.0. The molecule has 1 atom stereocenters. The molecule has 0 aliphatic heterocycles. The number of nitrogens with two attached hydrogens (primary N) is 1. The summed E-state index contributed by atoms with van der Waals surface area (Å²) in [7, 11) is 0. The number of rotatable bonds is 9. The molecule has 1 aromatic rings. The van der Waals surface area contributed by atoms with Crippen molar-refractivity contribution in [3.8, 4) is 0 Å². The molecule has 1 heterocycles. The van der Waals surface area contributed by atoms with Gasteiger partial charge in [-0.25, -0.2) is 4.98 Å². The topological polar surface area (TPSA) is 50.9 Å². The van der Waals surface area contributed by atoms with Gasteiger partial charge in [0.05, 0.1) is 17.2 Å². The second-order valence-corrected chi connectivity index (χ2v) is 4.91. The van der Waals surface area contributed by atoms with Gasteiger partial charge in [-0.05, 0) is 6.42 Å². The first-order chi connectivity index (χ1) is 7.88. The van der Waals surface area contributed by atoms with Crippen molar-refractivity contribution < 1.29 is 0 Å². The number of thiazole rings is 1. The molecule has 0 saturated heterocycles. The van der Waals surface area contributed by atoms with Crippen molar-refractivity contribution in [1.82, 2.24) is 10.4 Å². The van der Waals surface area contributed by atoms with Crippen molar-refractivity contribution in [2.75, 3.05) is 0 Å². The molecular formula is C12H23N3S. The third-order valence-electron chi connectivity index (χ3n) is 2.86. The van der Waals surface area contributed by atoms with Crippen molar-refractivity contribution >= 4 is 11.3 Å². The van der Waals surface area contributed by atoms with E-state index in [0.29, 0.717) is 0 Å². The van der Waals surface area contributed by atoms with E-state index < -0.39 is 0 Å². The molecule has 16 heavy (non-hydrogen) atoms. The molecule has 0 bridgehead atoms. The molecule has 92 valence electrons. The Morgan fingerprint density at radius 3 is 2.69 bits per heavy atom. The van der Waals surface area contributed by atoms with Gasteiger partial charge in [0, 0.05) is 5.38 Å². The van der Waals surface area contributed by atoms with Gasteiger partial charge in [-0.1, -0.05) is 45.4 Å². The molecule has 3 nitrogen and oxygen atoms in total. The van der Waals surface area contributed by atoms with Gasteiger partial charge in [0.1, 0.15) is 0 Å². The summed E-state index contributed by atoms with van der Waals surface area (Å²) in [4.78, 5) is 4.29. The Labute approximate surface area is 102 Å². The lowest BCUT2D eigenvalue weighted by molar-refractivity contribution is 0.470. The Morgan fingerprint density at radius 1 is 1.31 bits per heavy atom. The molecule has 3 N–H and O–H groups in total. The Bertz CT molecular complexity index is 249. The molecular weight excluding hydrogens is 218 g/mol. The molecule has 0 radical (unpaired) electrons. The Balaban J connectivity index is 2.11. The lowest BCUT2D eigenvalue weighted by Gasteiger charge is -2.12. The smallest absolute Gasteiger partial charge is 0.0795 e. The maximum atomic E-state index is 5.54. The van der Waals surface area contributed by atoms with Gasteiger partial charge in [-0.15, -0.1) is 11.3 Å². The summed E-state index contributed by atoms with van der Waals surface area (Å²) >= 11 is 1.63. The van der Waals surface area contributed by atoms with Gasteiger partial charge in [0.25, 0.3) is 0 Å². The van der Waals surface area contributed by atoms with E-state index in [0.717, 1.165) is 12.1 Å². The minimum absolute atomic E-state index is 0.234. The van der Waals surface area contributed by atoms with Gasteiger partial charge in [0.2, 0.25) is 0 Å². The van der Waals surface area contributed by atoms with E-state index in [-0.39, 0.29) is 6.04 Å². The highest BCUT2D eigenvalue weighted by Crippen LogP contribution is 2.19. The third-order valence-corrected chi connectivity index (χ3v) is 3.46.